The normalized spacial score (nSPS) is 17.4. The summed E-state index contributed by atoms with van der Waals surface area (Å²) in [7, 11) is 1.81. The highest BCUT2D eigenvalue weighted by Gasteiger charge is 2.22. The summed E-state index contributed by atoms with van der Waals surface area (Å²) in [5.74, 6) is 0.505. The van der Waals surface area contributed by atoms with Crippen molar-refractivity contribution >= 4 is 5.69 Å². The Labute approximate surface area is 70.1 Å². The average molecular weight is 169 g/mol. The second-order valence-electron chi connectivity index (χ2n) is 2.84. The van der Waals surface area contributed by atoms with E-state index in [1.165, 1.54) is 0 Å². The molecule has 0 atom stereocenters. The first-order chi connectivity index (χ1) is 5.75. The molecule has 66 valence electrons. The molecule has 0 spiro atoms. The second-order valence-corrected chi connectivity index (χ2v) is 2.84. The number of aryl methyl sites for hydroxylation is 1. The zero-order chi connectivity index (χ0) is 8.55. The van der Waals surface area contributed by atoms with Gasteiger partial charge in [0.05, 0.1) is 19.4 Å². The summed E-state index contributed by atoms with van der Waals surface area (Å²) in [6, 6.07) is 0. The van der Waals surface area contributed by atoms with Gasteiger partial charge in [0.25, 0.3) is 5.88 Å². The molecule has 1 aliphatic rings. The largest absolute Gasteiger partial charge is 0.467 e. The van der Waals surface area contributed by atoms with E-state index < -0.39 is 0 Å². The Kier molecular flexibility index (Phi) is 1.65. The van der Waals surface area contributed by atoms with Crippen molar-refractivity contribution in [2.75, 3.05) is 18.9 Å². The quantitative estimate of drug-likeness (QED) is 0.664. The van der Waals surface area contributed by atoms with Gasteiger partial charge < -0.3 is 15.2 Å². The summed E-state index contributed by atoms with van der Waals surface area (Å²) in [6.45, 7) is 1.27. The summed E-state index contributed by atoms with van der Waals surface area (Å²) in [5, 5.41) is 4.05. The smallest absolute Gasteiger partial charge is 0.256 e. The lowest BCUT2D eigenvalue weighted by Gasteiger charge is -2.25. The molecule has 1 fully saturated rings. The number of hydrogen-bond donors (Lipinski definition) is 1. The van der Waals surface area contributed by atoms with Crippen molar-refractivity contribution < 1.29 is 9.47 Å². The topological polar surface area (TPSA) is 62.3 Å². The van der Waals surface area contributed by atoms with E-state index in [0.717, 1.165) is 0 Å². The molecular weight excluding hydrogens is 158 g/mol. The molecule has 12 heavy (non-hydrogen) atoms. The zero-order valence-electron chi connectivity index (χ0n) is 6.86. The molecule has 1 aromatic heterocycles. The number of nitrogens with zero attached hydrogens (tertiary/aromatic N) is 2. The zero-order valence-corrected chi connectivity index (χ0v) is 6.86. The van der Waals surface area contributed by atoms with E-state index in [-0.39, 0.29) is 6.10 Å². The van der Waals surface area contributed by atoms with E-state index >= 15 is 0 Å². The second kappa shape index (κ2) is 2.67. The number of hydrogen-bond acceptors (Lipinski definition) is 4. The lowest BCUT2D eigenvalue weighted by molar-refractivity contribution is -0.0811. The predicted octanol–water partition coefficient (Wildman–Crippen LogP) is -0.220. The van der Waals surface area contributed by atoms with Gasteiger partial charge in [0.1, 0.15) is 11.8 Å². The maximum absolute atomic E-state index is 5.62. The highest BCUT2D eigenvalue weighted by atomic mass is 16.6. The molecule has 5 heteroatoms. The average Bonchev–Trinajstić information content (AvgIpc) is 2.21. The first-order valence-electron chi connectivity index (χ1n) is 3.79. The maximum Gasteiger partial charge on any atom is 0.256 e. The SMILES string of the molecule is Cn1cc(N)c(OC2COC2)n1. The third-order valence-electron chi connectivity index (χ3n) is 1.71. The number of ether oxygens (including phenoxy) is 2. The van der Waals surface area contributed by atoms with Gasteiger partial charge in [-0.05, 0) is 0 Å². The minimum atomic E-state index is 0.127. The van der Waals surface area contributed by atoms with Crippen molar-refractivity contribution in [3.05, 3.63) is 6.20 Å². The molecule has 5 nitrogen and oxygen atoms in total. The number of nitrogens with two attached hydrogens (primary N) is 1. The third-order valence-corrected chi connectivity index (χ3v) is 1.71. The van der Waals surface area contributed by atoms with Crippen LogP contribution < -0.4 is 10.5 Å². The van der Waals surface area contributed by atoms with Gasteiger partial charge in [-0.25, -0.2) is 0 Å². The number of anilines is 1. The Hall–Kier alpha value is -1.23. The molecule has 1 aromatic rings. The fourth-order valence-corrected chi connectivity index (χ4v) is 1.02. The van der Waals surface area contributed by atoms with Gasteiger partial charge >= 0.3 is 0 Å². The highest BCUT2D eigenvalue weighted by molar-refractivity contribution is 5.45. The van der Waals surface area contributed by atoms with Crippen molar-refractivity contribution in [1.82, 2.24) is 9.78 Å². The molecule has 0 saturated carbocycles. The number of rotatable bonds is 2. The molecular formula is C7H11N3O2. The summed E-state index contributed by atoms with van der Waals surface area (Å²) in [4.78, 5) is 0. The van der Waals surface area contributed by atoms with Crippen LogP contribution in [-0.2, 0) is 11.8 Å². The third kappa shape index (κ3) is 1.23. The van der Waals surface area contributed by atoms with Gasteiger partial charge in [-0.15, -0.1) is 5.10 Å². The Bertz CT molecular complexity index is 280. The van der Waals surface area contributed by atoms with Crippen LogP contribution in [0.1, 0.15) is 0 Å². The van der Waals surface area contributed by atoms with Gasteiger partial charge in [-0.1, -0.05) is 0 Å². The molecule has 2 heterocycles. The van der Waals surface area contributed by atoms with E-state index in [4.69, 9.17) is 15.2 Å². The molecule has 0 radical (unpaired) electrons. The van der Waals surface area contributed by atoms with Crippen LogP contribution in [0.4, 0.5) is 5.69 Å². The van der Waals surface area contributed by atoms with Crippen LogP contribution in [-0.4, -0.2) is 29.1 Å². The number of nitrogen functional groups attached to an aromatic ring is 1. The Morgan fingerprint density at radius 2 is 2.50 bits per heavy atom. The van der Waals surface area contributed by atoms with Crippen LogP contribution in [0.25, 0.3) is 0 Å². The first kappa shape index (κ1) is 7.42. The van der Waals surface area contributed by atoms with Crippen molar-refractivity contribution in [2.24, 2.45) is 7.05 Å². The minimum absolute atomic E-state index is 0.127. The van der Waals surface area contributed by atoms with Crippen molar-refractivity contribution in [1.29, 1.82) is 0 Å². The van der Waals surface area contributed by atoms with E-state index in [9.17, 15) is 0 Å². The van der Waals surface area contributed by atoms with Crippen molar-refractivity contribution in [3.63, 3.8) is 0 Å². The van der Waals surface area contributed by atoms with Crippen LogP contribution in [0, 0.1) is 0 Å². The molecule has 0 amide bonds. The molecule has 0 unspecified atom stereocenters. The highest BCUT2D eigenvalue weighted by Crippen LogP contribution is 2.20. The van der Waals surface area contributed by atoms with E-state index in [0.29, 0.717) is 24.8 Å². The standard InChI is InChI=1S/C7H11N3O2/c1-10-2-6(8)7(9-10)12-5-3-11-4-5/h2,5H,3-4,8H2,1H3. The van der Waals surface area contributed by atoms with Crippen LogP contribution >= 0.6 is 0 Å². The molecule has 0 bridgehead atoms. The lowest BCUT2D eigenvalue weighted by atomic mass is 10.3. The molecule has 2 rings (SSSR count). The fourth-order valence-electron chi connectivity index (χ4n) is 1.02. The summed E-state index contributed by atoms with van der Waals surface area (Å²) in [6.07, 6.45) is 1.84. The first-order valence-corrected chi connectivity index (χ1v) is 3.79. The Balaban J connectivity index is 2.05. The van der Waals surface area contributed by atoms with Crippen LogP contribution in [0.2, 0.25) is 0 Å². The van der Waals surface area contributed by atoms with Gasteiger partial charge in [0.15, 0.2) is 0 Å². The monoisotopic (exact) mass is 169 g/mol. The summed E-state index contributed by atoms with van der Waals surface area (Å²) >= 11 is 0. The van der Waals surface area contributed by atoms with Crippen LogP contribution in [0.5, 0.6) is 5.88 Å². The van der Waals surface area contributed by atoms with Crippen LogP contribution in [0.15, 0.2) is 6.20 Å². The van der Waals surface area contributed by atoms with Gasteiger partial charge in [-0.2, -0.15) is 0 Å². The summed E-state index contributed by atoms with van der Waals surface area (Å²) < 4.78 is 12.0. The van der Waals surface area contributed by atoms with Gasteiger partial charge in [0, 0.05) is 7.05 Å². The minimum Gasteiger partial charge on any atom is -0.467 e. The fraction of sp³-hybridized carbons (Fsp3) is 0.571. The van der Waals surface area contributed by atoms with E-state index in [1.807, 2.05) is 0 Å². The maximum atomic E-state index is 5.62. The summed E-state index contributed by atoms with van der Waals surface area (Å²) in [5.41, 5.74) is 6.19. The molecule has 2 N–H and O–H groups in total. The Morgan fingerprint density at radius 1 is 1.75 bits per heavy atom. The van der Waals surface area contributed by atoms with Crippen molar-refractivity contribution in [2.45, 2.75) is 6.10 Å². The van der Waals surface area contributed by atoms with E-state index in [1.54, 1.807) is 17.9 Å². The molecule has 0 aromatic carbocycles. The Morgan fingerprint density at radius 3 is 2.92 bits per heavy atom. The van der Waals surface area contributed by atoms with Gasteiger partial charge in [0.2, 0.25) is 0 Å². The van der Waals surface area contributed by atoms with Gasteiger partial charge in [-0.3, -0.25) is 4.68 Å². The molecule has 1 saturated heterocycles. The predicted molar refractivity (Wildman–Crippen MR) is 42.9 cm³/mol. The molecule has 0 aliphatic carbocycles. The number of aromatic nitrogens is 2. The van der Waals surface area contributed by atoms with E-state index in [2.05, 4.69) is 5.10 Å². The van der Waals surface area contributed by atoms with Crippen molar-refractivity contribution in [3.8, 4) is 5.88 Å². The molecule has 1 aliphatic heterocycles. The van der Waals surface area contributed by atoms with Crippen LogP contribution in [0.3, 0.4) is 0 Å². The lowest BCUT2D eigenvalue weighted by Crippen LogP contribution is -2.38.